The highest BCUT2D eigenvalue weighted by Gasteiger charge is 2.19. The van der Waals surface area contributed by atoms with Gasteiger partial charge in [0.2, 0.25) is 5.91 Å². The molecule has 5 heteroatoms. The molecule has 2 atom stereocenters. The van der Waals surface area contributed by atoms with Gasteiger partial charge < -0.3 is 20.7 Å². The maximum atomic E-state index is 11.7. The number of likely N-dealkylation sites (N-methyl/N-ethyl adjacent to an activating group) is 1. The molecule has 118 valence electrons. The van der Waals surface area contributed by atoms with E-state index in [2.05, 4.69) is 10.2 Å². The third-order valence-corrected chi connectivity index (χ3v) is 3.85. The molecule has 0 aromatic carbocycles. The highest BCUT2D eigenvalue weighted by Crippen LogP contribution is 2.26. The number of carbonyl (C=O) groups is 1. The Kier molecular flexibility index (Phi) is 8.82. The summed E-state index contributed by atoms with van der Waals surface area (Å²) in [6.07, 6.45) is 6.27. The zero-order valence-electron chi connectivity index (χ0n) is 13.1. The van der Waals surface area contributed by atoms with Crippen LogP contribution in [0.1, 0.15) is 38.5 Å². The average Bonchev–Trinajstić information content (AvgIpc) is 2.40. The summed E-state index contributed by atoms with van der Waals surface area (Å²) in [4.78, 5) is 13.8. The van der Waals surface area contributed by atoms with E-state index in [1.54, 1.807) is 0 Å². The van der Waals surface area contributed by atoms with Crippen molar-refractivity contribution in [2.75, 3.05) is 40.4 Å². The number of rotatable bonds is 9. The first-order valence-corrected chi connectivity index (χ1v) is 7.82. The van der Waals surface area contributed by atoms with Crippen LogP contribution in [0.3, 0.4) is 0 Å². The molecule has 1 amide bonds. The molecule has 0 spiro atoms. The zero-order valence-corrected chi connectivity index (χ0v) is 13.1. The van der Waals surface area contributed by atoms with Crippen LogP contribution in [-0.2, 0) is 9.53 Å². The standard InChI is InChI=1S/C15H31N3O2/c1-18(2)9-11-20-10-8-17-15(19)7-6-13-4-3-5-14(16)12-13/h13-14H,3-12,16H2,1-2H3,(H,17,19). The van der Waals surface area contributed by atoms with E-state index in [4.69, 9.17) is 10.5 Å². The van der Waals surface area contributed by atoms with E-state index in [9.17, 15) is 4.79 Å². The molecular formula is C15H31N3O2. The summed E-state index contributed by atoms with van der Waals surface area (Å²) < 4.78 is 5.43. The number of hydrogen-bond donors (Lipinski definition) is 2. The van der Waals surface area contributed by atoms with Crippen LogP contribution in [0.25, 0.3) is 0 Å². The second-order valence-electron chi connectivity index (χ2n) is 6.10. The topological polar surface area (TPSA) is 67.6 Å². The van der Waals surface area contributed by atoms with Crippen LogP contribution in [0, 0.1) is 5.92 Å². The lowest BCUT2D eigenvalue weighted by Crippen LogP contribution is -2.30. The number of amides is 1. The summed E-state index contributed by atoms with van der Waals surface area (Å²) in [5.74, 6) is 0.779. The van der Waals surface area contributed by atoms with Crippen molar-refractivity contribution in [3.63, 3.8) is 0 Å². The molecule has 1 aliphatic carbocycles. The molecule has 1 aliphatic rings. The molecule has 1 fully saturated rings. The molecule has 0 saturated heterocycles. The largest absolute Gasteiger partial charge is 0.378 e. The second-order valence-corrected chi connectivity index (χ2v) is 6.10. The lowest BCUT2D eigenvalue weighted by atomic mass is 9.83. The third kappa shape index (κ3) is 8.51. The van der Waals surface area contributed by atoms with Crippen molar-refractivity contribution in [1.82, 2.24) is 10.2 Å². The van der Waals surface area contributed by atoms with Gasteiger partial charge in [-0.3, -0.25) is 4.79 Å². The minimum Gasteiger partial charge on any atom is -0.378 e. The monoisotopic (exact) mass is 285 g/mol. The van der Waals surface area contributed by atoms with Crippen LogP contribution in [0.5, 0.6) is 0 Å². The number of ether oxygens (including phenoxy) is 1. The van der Waals surface area contributed by atoms with Gasteiger partial charge in [-0.25, -0.2) is 0 Å². The van der Waals surface area contributed by atoms with Gasteiger partial charge in [-0.15, -0.1) is 0 Å². The minimum atomic E-state index is 0.139. The highest BCUT2D eigenvalue weighted by molar-refractivity contribution is 5.75. The van der Waals surface area contributed by atoms with E-state index >= 15 is 0 Å². The Morgan fingerprint density at radius 1 is 1.35 bits per heavy atom. The van der Waals surface area contributed by atoms with Crippen molar-refractivity contribution in [1.29, 1.82) is 0 Å². The van der Waals surface area contributed by atoms with E-state index in [0.29, 0.717) is 38.1 Å². The molecule has 0 aromatic heterocycles. The van der Waals surface area contributed by atoms with Gasteiger partial charge >= 0.3 is 0 Å². The van der Waals surface area contributed by atoms with Crippen molar-refractivity contribution in [2.45, 2.75) is 44.6 Å². The smallest absolute Gasteiger partial charge is 0.220 e. The summed E-state index contributed by atoms with van der Waals surface area (Å²) in [5.41, 5.74) is 5.96. The Morgan fingerprint density at radius 3 is 2.85 bits per heavy atom. The van der Waals surface area contributed by atoms with Crippen LogP contribution in [0.2, 0.25) is 0 Å². The molecule has 2 unspecified atom stereocenters. The van der Waals surface area contributed by atoms with Gasteiger partial charge in [0, 0.05) is 25.6 Å². The van der Waals surface area contributed by atoms with Gasteiger partial charge in [0.25, 0.3) is 0 Å². The van der Waals surface area contributed by atoms with E-state index < -0.39 is 0 Å². The summed E-state index contributed by atoms with van der Waals surface area (Å²) in [7, 11) is 4.03. The molecule has 1 rings (SSSR count). The van der Waals surface area contributed by atoms with Crippen LogP contribution in [-0.4, -0.2) is 57.2 Å². The number of nitrogens with one attached hydrogen (secondary N) is 1. The van der Waals surface area contributed by atoms with Crippen molar-refractivity contribution in [3.05, 3.63) is 0 Å². The van der Waals surface area contributed by atoms with Gasteiger partial charge in [-0.2, -0.15) is 0 Å². The summed E-state index contributed by atoms with van der Waals surface area (Å²) >= 11 is 0. The minimum absolute atomic E-state index is 0.139. The van der Waals surface area contributed by atoms with Gasteiger partial charge in [-0.1, -0.05) is 12.8 Å². The fourth-order valence-corrected chi connectivity index (χ4v) is 2.63. The molecule has 5 nitrogen and oxygen atoms in total. The summed E-state index contributed by atoms with van der Waals surface area (Å²) in [6, 6.07) is 0.349. The highest BCUT2D eigenvalue weighted by atomic mass is 16.5. The van der Waals surface area contributed by atoms with Crippen molar-refractivity contribution in [2.24, 2.45) is 11.7 Å². The fraction of sp³-hybridized carbons (Fsp3) is 0.933. The molecule has 0 radical (unpaired) electrons. The molecule has 1 saturated carbocycles. The zero-order chi connectivity index (χ0) is 14.8. The van der Waals surface area contributed by atoms with Gasteiger partial charge in [0.15, 0.2) is 0 Å². The summed E-state index contributed by atoms with van der Waals surface area (Å²) in [6.45, 7) is 2.82. The van der Waals surface area contributed by atoms with Crippen molar-refractivity contribution in [3.8, 4) is 0 Å². The Balaban J connectivity index is 1.95. The predicted molar refractivity (Wildman–Crippen MR) is 81.6 cm³/mol. The Bertz CT molecular complexity index is 272. The lowest BCUT2D eigenvalue weighted by Gasteiger charge is -2.26. The number of hydrogen-bond acceptors (Lipinski definition) is 4. The van der Waals surface area contributed by atoms with Crippen molar-refractivity contribution >= 4 is 5.91 Å². The van der Waals surface area contributed by atoms with Crippen LogP contribution in [0.4, 0.5) is 0 Å². The van der Waals surface area contributed by atoms with Crippen molar-refractivity contribution < 1.29 is 9.53 Å². The first kappa shape index (κ1) is 17.4. The fourth-order valence-electron chi connectivity index (χ4n) is 2.63. The Labute approximate surface area is 123 Å². The van der Waals surface area contributed by atoms with Crippen LogP contribution in [0.15, 0.2) is 0 Å². The number of carbonyl (C=O) groups excluding carboxylic acids is 1. The summed E-state index contributed by atoms with van der Waals surface area (Å²) in [5, 5.41) is 2.91. The van der Waals surface area contributed by atoms with E-state index in [1.165, 1.54) is 12.8 Å². The normalized spacial score (nSPS) is 23.0. The Hall–Kier alpha value is -0.650. The number of nitrogens with two attached hydrogens (primary N) is 1. The Morgan fingerprint density at radius 2 is 2.15 bits per heavy atom. The maximum absolute atomic E-state index is 11.7. The first-order chi connectivity index (χ1) is 9.58. The third-order valence-electron chi connectivity index (χ3n) is 3.85. The SMILES string of the molecule is CN(C)CCOCCNC(=O)CCC1CCCC(N)C1. The van der Waals surface area contributed by atoms with Gasteiger partial charge in [0.1, 0.15) is 0 Å². The quantitative estimate of drug-likeness (QED) is 0.620. The number of nitrogens with zero attached hydrogens (tertiary/aromatic N) is 1. The van der Waals surface area contributed by atoms with Crippen LogP contribution >= 0.6 is 0 Å². The molecular weight excluding hydrogens is 254 g/mol. The molecule has 0 bridgehead atoms. The lowest BCUT2D eigenvalue weighted by molar-refractivity contribution is -0.121. The first-order valence-electron chi connectivity index (χ1n) is 7.82. The molecule has 3 N–H and O–H groups in total. The van der Waals surface area contributed by atoms with E-state index in [1.807, 2.05) is 14.1 Å². The van der Waals surface area contributed by atoms with Gasteiger partial charge in [0.05, 0.1) is 13.2 Å². The van der Waals surface area contributed by atoms with Gasteiger partial charge in [-0.05, 0) is 39.3 Å². The average molecular weight is 285 g/mol. The predicted octanol–water partition coefficient (Wildman–Crippen LogP) is 0.979. The van der Waals surface area contributed by atoms with E-state index in [-0.39, 0.29) is 5.91 Å². The van der Waals surface area contributed by atoms with Crippen LogP contribution < -0.4 is 11.1 Å². The maximum Gasteiger partial charge on any atom is 0.220 e. The molecule has 20 heavy (non-hydrogen) atoms. The second kappa shape index (κ2) is 10.1. The molecule has 0 aliphatic heterocycles. The molecule has 0 heterocycles. The molecule has 0 aromatic rings. The van der Waals surface area contributed by atoms with E-state index in [0.717, 1.165) is 25.8 Å².